The van der Waals surface area contributed by atoms with Crippen molar-refractivity contribution in [2.24, 2.45) is 28.9 Å². The molecule has 0 saturated carbocycles. The second-order valence-electron chi connectivity index (χ2n) is 17.1. The molecule has 1 aromatic carbocycles. The highest BCUT2D eigenvalue weighted by Crippen LogP contribution is 2.26. The van der Waals surface area contributed by atoms with E-state index >= 15 is 0 Å². The fourth-order valence-corrected chi connectivity index (χ4v) is 9.78. The van der Waals surface area contributed by atoms with Gasteiger partial charge >= 0.3 is 0 Å². The molecule has 2 aliphatic rings. The van der Waals surface area contributed by atoms with Crippen molar-refractivity contribution in [3.8, 4) is 0 Å². The summed E-state index contributed by atoms with van der Waals surface area (Å²) in [5, 5.41) is 21.2. The Morgan fingerprint density at radius 1 is 0.786 bits per heavy atom. The Bertz CT molecular complexity index is 2020. The number of amides is 11. The molecule has 388 valence electrons. The molecule has 0 spiro atoms. The lowest BCUT2D eigenvalue weighted by molar-refractivity contribution is -0.142. The molecule has 2 saturated heterocycles. The van der Waals surface area contributed by atoms with Crippen molar-refractivity contribution in [2.45, 2.75) is 127 Å². The van der Waals surface area contributed by atoms with Gasteiger partial charge in [-0.05, 0) is 56.7 Å². The summed E-state index contributed by atoms with van der Waals surface area (Å²) in [5.74, 6) is -9.94. The van der Waals surface area contributed by atoms with Crippen molar-refractivity contribution in [2.75, 3.05) is 37.7 Å². The zero-order valence-electron chi connectivity index (χ0n) is 39.8. The maximum atomic E-state index is 14.5. The van der Waals surface area contributed by atoms with Crippen molar-refractivity contribution < 1.29 is 52.7 Å². The van der Waals surface area contributed by atoms with Gasteiger partial charge in [0, 0.05) is 30.9 Å². The Kier molecular flexibility index (Phi) is 24.9. The number of hydrogen-bond donors (Lipinski definition) is 12. The average molecular weight is 1020 g/mol. The van der Waals surface area contributed by atoms with Crippen LogP contribution in [0.15, 0.2) is 30.3 Å². The molecule has 26 heteroatoms. The molecule has 11 amide bonds. The number of likely N-dealkylation sites (tertiary alicyclic amines) is 1. The van der Waals surface area contributed by atoms with Crippen LogP contribution in [-0.2, 0) is 59.2 Å². The summed E-state index contributed by atoms with van der Waals surface area (Å²) in [6.45, 7) is 6.13. The number of carbonyl (C=O) groups excluding carboxylic acids is 11. The molecular weight excluding hydrogens is 951 g/mol. The lowest BCUT2D eigenvalue weighted by Crippen LogP contribution is -2.61. The van der Waals surface area contributed by atoms with Gasteiger partial charge in [-0.15, -0.1) is 0 Å². The SMILES string of the molecule is CCNCCC[C@H](NC(=O)[C@@H]1CCCN1C(=O)[C@@H]1CSSC[C@H](N)C(=O)N[C@@H](Cc2ccccc2)C(=O)N[C@@H]([C@@H](C)CC)C(=O)N[C@@H](CCC(N)=O)C(=O)N[C@@H](CC(N)=O)C(=O)N1)C(=O)NCC(N)=O. The topological polar surface area (TPSA) is 391 Å². The highest BCUT2D eigenvalue weighted by atomic mass is 33.1. The van der Waals surface area contributed by atoms with Crippen molar-refractivity contribution >= 4 is 86.6 Å². The van der Waals surface area contributed by atoms with Crippen LogP contribution in [0, 0.1) is 5.92 Å². The van der Waals surface area contributed by atoms with Crippen molar-refractivity contribution in [3.05, 3.63) is 35.9 Å². The molecule has 2 aliphatic heterocycles. The van der Waals surface area contributed by atoms with E-state index in [9.17, 15) is 52.7 Å². The number of carbonyl (C=O) groups is 11. The first-order valence-corrected chi connectivity index (χ1v) is 25.7. The van der Waals surface area contributed by atoms with Crippen molar-refractivity contribution in [1.82, 2.24) is 47.4 Å². The van der Waals surface area contributed by atoms with E-state index in [1.54, 1.807) is 44.2 Å². The van der Waals surface area contributed by atoms with Gasteiger partial charge in [0.2, 0.25) is 65.0 Å². The van der Waals surface area contributed by atoms with Gasteiger partial charge in [-0.2, -0.15) is 0 Å². The molecule has 0 aromatic heterocycles. The standard InChI is InChI=1S/C44H69N13O11S2/c1-4-24(3)36-43(67)52-28(15-16-33(46)58)39(63)54-30(20-34(47)59)40(64)55-31(23-70-69-22-26(45)37(61)53-29(41(65)56-36)19-25-11-7-6-8-12-25)44(68)57-18-10-14-32(57)42(66)51-27(13-9-17-49-5-2)38(62)50-21-35(48)60/h6-8,11-12,24,26-32,36,49H,4-5,9-10,13-23,45H2,1-3H3,(H2,46,58)(H2,47,59)(H2,48,60)(H,50,62)(H,51,66)(H,52,67)(H,53,61)(H,54,63)(H,55,64)(H,56,65)/t24-,26-,27-,28-,29-,30-,31-,32-,36-/m0/s1. The first kappa shape index (κ1) is 58.3. The fraction of sp³-hybridized carbons (Fsp3) is 0.614. The minimum absolute atomic E-state index is 0.00531. The number of hydrogen-bond acceptors (Lipinski definition) is 15. The molecule has 1 aromatic rings. The Morgan fingerprint density at radius 3 is 2.07 bits per heavy atom. The first-order chi connectivity index (χ1) is 33.2. The Balaban J connectivity index is 2.03. The number of primary amides is 3. The van der Waals surface area contributed by atoms with Gasteiger partial charge in [-0.1, -0.05) is 79.1 Å². The summed E-state index contributed by atoms with van der Waals surface area (Å²) in [4.78, 5) is 148. The molecule has 2 fully saturated rings. The molecular formula is C44H69N13O11S2. The Labute approximate surface area is 414 Å². The molecule has 0 radical (unpaired) electrons. The summed E-state index contributed by atoms with van der Waals surface area (Å²) in [6.07, 6.45) is -0.0246. The largest absolute Gasteiger partial charge is 0.370 e. The summed E-state index contributed by atoms with van der Waals surface area (Å²) in [5.41, 5.74) is 23.2. The molecule has 3 rings (SSSR count). The van der Waals surface area contributed by atoms with Crippen molar-refractivity contribution in [3.63, 3.8) is 0 Å². The summed E-state index contributed by atoms with van der Waals surface area (Å²) < 4.78 is 0. The molecule has 24 nitrogen and oxygen atoms in total. The van der Waals surface area contributed by atoms with Gasteiger partial charge in [0.25, 0.3) is 0 Å². The van der Waals surface area contributed by atoms with Crippen LogP contribution in [-0.4, -0.2) is 156 Å². The van der Waals surface area contributed by atoms with E-state index in [-0.39, 0.29) is 43.7 Å². The molecule has 0 bridgehead atoms. The molecule has 2 heterocycles. The van der Waals surface area contributed by atoms with E-state index in [0.29, 0.717) is 37.9 Å². The third-order valence-electron chi connectivity index (χ3n) is 11.6. The molecule has 0 aliphatic carbocycles. The minimum Gasteiger partial charge on any atom is -0.370 e. The minimum atomic E-state index is -1.74. The number of nitrogens with zero attached hydrogens (tertiary/aromatic N) is 1. The third kappa shape index (κ3) is 19.4. The smallest absolute Gasteiger partial charge is 0.246 e. The molecule has 70 heavy (non-hydrogen) atoms. The van der Waals surface area contributed by atoms with E-state index < -0.39 is 139 Å². The monoisotopic (exact) mass is 1020 g/mol. The molecule has 16 N–H and O–H groups in total. The first-order valence-electron chi connectivity index (χ1n) is 23.3. The van der Waals surface area contributed by atoms with Gasteiger partial charge < -0.3 is 70.4 Å². The van der Waals surface area contributed by atoms with Gasteiger partial charge in [0.15, 0.2) is 0 Å². The van der Waals surface area contributed by atoms with Gasteiger partial charge in [0.1, 0.15) is 42.3 Å². The van der Waals surface area contributed by atoms with E-state index in [4.69, 9.17) is 22.9 Å². The van der Waals surface area contributed by atoms with Gasteiger partial charge in [0.05, 0.1) is 19.0 Å². The quantitative estimate of drug-likeness (QED) is 0.0438. The highest BCUT2D eigenvalue weighted by Gasteiger charge is 2.41. The van der Waals surface area contributed by atoms with E-state index in [1.165, 1.54) is 4.90 Å². The zero-order chi connectivity index (χ0) is 51.9. The molecule has 9 atom stereocenters. The Morgan fingerprint density at radius 2 is 1.43 bits per heavy atom. The van der Waals surface area contributed by atoms with Crippen LogP contribution in [0.4, 0.5) is 0 Å². The van der Waals surface area contributed by atoms with Gasteiger partial charge in [-0.3, -0.25) is 52.7 Å². The van der Waals surface area contributed by atoms with Crippen LogP contribution in [0.5, 0.6) is 0 Å². The summed E-state index contributed by atoms with van der Waals surface area (Å²) in [7, 11) is 2.10. The van der Waals surface area contributed by atoms with E-state index in [0.717, 1.165) is 21.6 Å². The highest BCUT2D eigenvalue weighted by molar-refractivity contribution is 8.76. The van der Waals surface area contributed by atoms with Crippen LogP contribution >= 0.6 is 21.6 Å². The van der Waals surface area contributed by atoms with E-state index in [1.807, 2.05) is 6.92 Å². The second kappa shape index (κ2) is 29.9. The van der Waals surface area contributed by atoms with Crippen LogP contribution < -0.4 is 65.5 Å². The summed E-state index contributed by atoms with van der Waals surface area (Å²) in [6, 6.07) is -1.90. The molecule has 0 unspecified atom stereocenters. The third-order valence-corrected chi connectivity index (χ3v) is 14.0. The van der Waals surface area contributed by atoms with E-state index in [2.05, 4.69) is 42.5 Å². The predicted octanol–water partition coefficient (Wildman–Crippen LogP) is -3.97. The maximum Gasteiger partial charge on any atom is 0.246 e. The van der Waals surface area contributed by atoms with Gasteiger partial charge in [-0.25, -0.2) is 0 Å². The lowest BCUT2D eigenvalue weighted by Gasteiger charge is -2.31. The summed E-state index contributed by atoms with van der Waals surface area (Å²) >= 11 is 0. The predicted molar refractivity (Wildman–Crippen MR) is 261 cm³/mol. The van der Waals surface area contributed by atoms with Crippen molar-refractivity contribution in [1.29, 1.82) is 0 Å². The maximum absolute atomic E-state index is 14.5. The van der Waals surface area contributed by atoms with Crippen LogP contribution in [0.1, 0.15) is 77.7 Å². The normalized spacial score (nSPS) is 24.0. The van der Waals surface area contributed by atoms with Crippen LogP contribution in [0.25, 0.3) is 0 Å². The zero-order valence-corrected chi connectivity index (χ0v) is 41.4. The van der Waals surface area contributed by atoms with Crippen LogP contribution in [0.2, 0.25) is 0 Å². The second-order valence-corrected chi connectivity index (χ2v) is 19.6. The number of rotatable bonds is 20. The number of nitrogens with one attached hydrogen (secondary N) is 8. The number of nitrogens with two attached hydrogens (primary N) is 4. The lowest BCUT2D eigenvalue weighted by atomic mass is 9.96. The Hall–Kier alpha value is -5.99. The van der Waals surface area contributed by atoms with Crippen LogP contribution in [0.3, 0.4) is 0 Å². The fourth-order valence-electron chi connectivity index (χ4n) is 7.50. The average Bonchev–Trinajstić information content (AvgIpc) is 3.82. The number of benzene rings is 1.